The molecule has 0 bridgehead atoms. The predicted octanol–water partition coefficient (Wildman–Crippen LogP) is 0.246. The van der Waals surface area contributed by atoms with E-state index in [9.17, 15) is 14.4 Å². The molecule has 0 radical (unpaired) electrons. The lowest BCUT2D eigenvalue weighted by molar-refractivity contribution is -0.151. The molecule has 0 aliphatic carbocycles. The van der Waals surface area contributed by atoms with Crippen LogP contribution in [0.2, 0.25) is 0 Å². The number of esters is 1. The molecule has 3 unspecified atom stereocenters. The number of anilines is 1. The highest BCUT2D eigenvalue weighted by molar-refractivity contribution is 6.02. The van der Waals surface area contributed by atoms with Gasteiger partial charge in [0.1, 0.15) is 30.8 Å². The molecule has 3 amide bonds. The van der Waals surface area contributed by atoms with Gasteiger partial charge >= 0.3 is 12.0 Å². The van der Waals surface area contributed by atoms with E-state index in [1.54, 1.807) is 21.1 Å². The standard InChI is InChI=1S/C20H27N5O5/c1-4-30-15(26)12-25-18(27)16-17(22(2)20(25)28)21-19-23(9-6-10-24(16)19)13-7-5-8-14(11-13)29-3/h5,7-8,11,16-17,19,21H,4,6,9-10,12H2,1-3H3. The van der Waals surface area contributed by atoms with Crippen LogP contribution in [-0.4, -0.2) is 91.5 Å². The van der Waals surface area contributed by atoms with E-state index in [0.717, 1.165) is 29.3 Å². The van der Waals surface area contributed by atoms with Crippen molar-refractivity contribution in [1.82, 2.24) is 20.0 Å². The Morgan fingerprint density at radius 2 is 2.07 bits per heavy atom. The van der Waals surface area contributed by atoms with Crippen molar-refractivity contribution in [3.8, 4) is 5.75 Å². The number of nitrogens with zero attached hydrogens (tertiary/aromatic N) is 4. The van der Waals surface area contributed by atoms with Gasteiger partial charge in [-0.2, -0.15) is 0 Å². The highest BCUT2D eigenvalue weighted by atomic mass is 16.5. The van der Waals surface area contributed by atoms with Crippen LogP contribution in [0.5, 0.6) is 5.75 Å². The zero-order chi connectivity index (χ0) is 21.4. The van der Waals surface area contributed by atoms with Crippen LogP contribution in [0.4, 0.5) is 10.5 Å². The lowest BCUT2D eigenvalue weighted by atomic mass is 10.1. The van der Waals surface area contributed by atoms with E-state index < -0.39 is 24.2 Å². The number of nitrogens with one attached hydrogen (secondary N) is 1. The highest BCUT2D eigenvalue weighted by Crippen LogP contribution is 2.33. The summed E-state index contributed by atoms with van der Waals surface area (Å²) in [5.74, 6) is -0.215. The minimum absolute atomic E-state index is 0.197. The molecule has 10 heteroatoms. The summed E-state index contributed by atoms with van der Waals surface area (Å²) in [6.45, 7) is 3.02. The number of carbonyl (C=O) groups is 3. The van der Waals surface area contributed by atoms with Crippen LogP contribution in [0, 0.1) is 0 Å². The first-order valence-electron chi connectivity index (χ1n) is 10.1. The van der Waals surface area contributed by atoms with Gasteiger partial charge in [-0.1, -0.05) is 6.07 Å². The van der Waals surface area contributed by atoms with Crippen molar-refractivity contribution in [1.29, 1.82) is 0 Å². The van der Waals surface area contributed by atoms with E-state index in [2.05, 4.69) is 15.1 Å². The van der Waals surface area contributed by atoms with Gasteiger partial charge in [-0.15, -0.1) is 0 Å². The van der Waals surface area contributed by atoms with Gasteiger partial charge in [-0.25, -0.2) is 4.79 Å². The number of hydrogen-bond donors (Lipinski definition) is 1. The van der Waals surface area contributed by atoms with Crippen molar-refractivity contribution in [3.63, 3.8) is 0 Å². The molecule has 0 aromatic heterocycles. The van der Waals surface area contributed by atoms with Crippen molar-refractivity contribution >= 4 is 23.6 Å². The average Bonchev–Trinajstić information content (AvgIpc) is 3.15. The first-order valence-corrected chi connectivity index (χ1v) is 10.1. The Morgan fingerprint density at radius 1 is 1.27 bits per heavy atom. The molecule has 0 spiro atoms. The molecule has 1 N–H and O–H groups in total. The molecule has 3 heterocycles. The van der Waals surface area contributed by atoms with Gasteiger partial charge in [-0.3, -0.25) is 24.7 Å². The van der Waals surface area contributed by atoms with Gasteiger partial charge in [-0.05, 0) is 25.5 Å². The molecular weight excluding hydrogens is 390 g/mol. The normalized spacial score (nSPS) is 26.5. The quantitative estimate of drug-likeness (QED) is 0.682. The summed E-state index contributed by atoms with van der Waals surface area (Å²) in [7, 11) is 3.27. The Balaban J connectivity index is 1.60. The molecule has 3 saturated heterocycles. The second kappa shape index (κ2) is 8.11. The van der Waals surface area contributed by atoms with Gasteiger partial charge in [0.25, 0.3) is 5.91 Å². The molecule has 0 saturated carbocycles. The molecule has 3 aliphatic heterocycles. The summed E-state index contributed by atoms with van der Waals surface area (Å²) < 4.78 is 10.3. The van der Waals surface area contributed by atoms with Crippen molar-refractivity contribution < 1.29 is 23.9 Å². The summed E-state index contributed by atoms with van der Waals surface area (Å²) in [4.78, 5) is 44.7. The number of amides is 3. The zero-order valence-corrected chi connectivity index (χ0v) is 17.4. The van der Waals surface area contributed by atoms with Gasteiger partial charge < -0.3 is 19.3 Å². The third kappa shape index (κ3) is 3.35. The molecule has 3 aliphatic rings. The number of carbonyl (C=O) groups excluding carboxylic acids is 3. The van der Waals surface area contributed by atoms with Gasteiger partial charge in [0, 0.05) is 31.9 Å². The molecule has 3 atom stereocenters. The molecule has 30 heavy (non-hydrogen) atoms. The largest absolute Gasteiger partial charge is 0.497 e. The van der Waals surface area contributed by atoms with Crippen LogP contribution in [0.1, 0.15) is 13.3 Å². The Labute approximate surface area is 175 Å². The summed E-state index contributed by atoms with van der Waals surface area (Å²) in [5, 5.41) is 3.44. The monoisotopic (exact) mass is 417 g/mol. The second-order valence-corrected chi connectivity index (χ2v) is 7.54. The fourth-order valence-electron chi connectivity index (χ4n) is 4.45. The fourth-order valence-corrected chi connectivity index (χ4v) is 4.45. The Morgan fingerprint density at radius 3 is 2.80 bits per heavy atom. The van der Waals surface area contributed by atoms with Crippen molar-refractivity contribution in [2.45, 2.75) is 31.8 Å². The molecule has 1 aromatic rings. The number of likely N-dealkylation sites (N-methyl/N-ethyl adjacent to an activating group) is 1. The third-order valence-electron chi connectivity index (χ3n) is 5.85. The van der Waals surface area contributed by atoms with E-state index in [1.165, 1.54) is 4.90 Å². The lowest BCUT2D eigenvalue weighted by Crippen LogP contribution is -2.67. The van der Waals surface area contributed by atoms with Crippen LogP contribution in [0.3, 0.4) is 0 Å². The maximum absolute atomic E-state index is 13.3. The Hall–Kier alpha value is -2.85. The molecule has 4 rings (SSSR count). The maximum Gasteiger partial charge on any atom is 0.328 e. The average molecular weight is 417 g/mol. The summed E-state index contributed by atoms with van der Waals surface area (Å²) in [6, 6.07) is 6.69. The van der Waals surface area contributed by atoms with E-state index in [-0.39, 0.29) is 25.3 Å². The van der Waals surface area contributed by atoms with Gasteiger partial charge in [0.05, 0.1) is 13.7 Å². The molecular formula is C20H27N5O5. The SMILES string of the molecule is CCOC(=O)CN1C(=O)C2C(NC3N(c4cccc(OC)c4)CCCN23)N(C)C1=O. The van der Waals surface area contributed by atoms with E-state index >= 15 is 0 Å². The topological polar surface area (TPSA) is 94.7 Å². The number of benzene rings is 1. The zero-order valence-electron chi connectivity index (χ0n) is 17.4. The Bertz CT molecular complexity index is 849. The second-order valence-electron chi connectivity index (χ2n) is 7.54. The van der Waals surface area contributed by atoms with Crippen LogP contribution in [-0.2, 0) is 14.3 Å². The number of fused-ring (bicyclic) bond motifs is 3. The summed E-state index contributed by atoms with van der Waals surface area (Å²) in [5.41, 5.74) is 0.972. The van der Waals surface area contributed by atoms with Crippen LogP contribution < -0.4 is 15.0 Å². The van der Waals surface area contributed by atoms with Crippen LogP contribution in [0.15, 0.2) is 24.3 Å². The van der Waals surface area contributed by atoms with Crippen molar-refractivity contribution in [2.75, 3.05) is 45.3 Å². The number of rotatable bonds is 5. The smallest absolute Gasteiger partial charge is 0.328 e. The number of methoxy groups -OCH3 is 1. The first-order chi connectivity index (χ1) is 14.5. The maximum atomic E-state index is 13.3. The van der Waals surface area contributed by atoms with E-state index in [1.807, 2.05) is 24.3 Å². The molecule has 1 aromatic carbocycles. The molecule has 162 valence electrons. The lowest BCUT2D eigenvalue weighted by Gasteiger charge is -2.43. The van der Waals surface area contributed by atoms with Crippen LogP contribution in [0.25, 0.3) is 0 Å². The minimum Gasteiger partial charge on any atom is -0.497 e. The van der Waals surface area contributed by atoms with Crippen molar-refractivity contribution in [2.24, 2.45) is 0 Å². The highest BCUT2D eigenvalue weighted by Gasteiger charge is 2.56. The Kier molecular flexibility index (Phi) is 5.52. The minimum atomic E-state index is -0.592. The number of ether oxygens (including phenoxy) is 2. The number of imide groups is 1. The van der Waals surface area contributed by atoms with Crippen molar-refractivity contribution in [3.05, 3.63) is 24.3 Å². The molecule has 3 fully saturated rings. The number of urea groups is 1. The van der Waals surface area contributed by atoms with E-state index in [0.29, 0.717) is 6.54 Å². The summed E-state index contributed by atoms with van der Waals surface area (Å²) >= 11 is 0. The molecule has 10 nitrogen and oxygen atoms in total. The predicted molar refractivity (Wildman–Crippen MR) is 108 cm³/mol. The number of hydrogen-bond acceptors (Lipinski definition) is 8. The first kappa shape index (κ1) is 20.4. The summed E-state index contributed by atoms with van der Waals surface area (Å²) in [6.07, 6.45) is 0.142. The van der Waals surface area contributed by atoms with E-state index in [4.69, 9.17) is 9.47 Å². The third-order valence-corrected chi connectivity index (χ3v) is 5.85. The van der Waals surface area contributed by atoms with Gasteiger partial charge in [0.15, 0.2) is 0 Å². The van der Waals surface area contributed by atoms with Gasteiger partial charge in [0.2, 0.25) is 0 Å². The fraction of sp³-hybridized carbons (Fsp3) is 0.550. The van der Waals surface area contributed by atoms with Crippen LogP contribution >= 0.6 is 0 Å².